The number of hydrogen-bond acceptors (Lipinski definition) is 3. The molecule has 0 amide bonds. The topological polar surface area (TPSA) is 42.7 Å². The van der Waals surface area contributed by atoms with Gasteiger partial charge in [-0.25, -0.2) is 9.67 Å². The molecular formula is C11H20N4. The number of aromatic nitrogens is 3. The molecule has 84 valence electrons. The highest BCUT2D eigenvalue weighted by Crippen LogP contribution is 2.04. The van der Waals surface area contributed by atoms with Gasteiger partial charge in [0.15, 0.2) is 0 Å². The van der Waals surface area contributed by atoms with Gasteiger partial charge in [-0.1, -0.05) is 11.6 Å². The van der Waals surface area contributed by atoms with Crippen LogP contribution in [-0.2, 0) is 6.54 Å². The first-order valence-corrected chi connectivity index (χ1v) is 5.33. The summed E-state index contributed by atoms with van der Waals surface area (Å²) in [5.74, 6) is 0.993. The Hall–Kier alpha value is -1.16. The minimum Gasteiger partial charge on any atom is -0.306 e. The van der Waals surface area contributed by atoms with Crippen molar-refractivity contribution in [2.24, 2.45) is 0 Å². The van der Waals surface area contributed by atoms with Gasteiger partial charge in [0.05, 0.1) is 6.54 Å². The molecule has 0 aliphatic rings. The molecule has 0 aliphatic heterocycles. The van der Waals surface area contributed by atoms with Crippen LogP contribution in [0.1, 0.15) is 39.6 Å². The molecule has 4 nitrogen and oxygen atoms in total. The Kier molecular flexibility index (Phi) is 4.49. The molecule has 0 aliphatic carbocycles. The average molecular weight is 208 g/mol. The second kappa shape index (κ2) is 5.66. The predicted molar refractivity (Wildman–Crippen MR) is 61.5 cm³/mol. The number of nitrogens with zero attached hydrogens (tertiary/aromatic N) is 3. The Bertz CT molecular complexity index is 321. The second-order valence-corrected chi connectivity index (χ2v) is 4.13. The lowest BCUT2D eigenvalue weighted by molar-refractivity contribution is 0.494. The fourth-order valence-electron chi connectivity index (χ4n) is 1.29. The van der Waals surface area contributed by atoms with Crippen LogP contribution >= 0.6 is 0 Å². The highest BCUT2D eigenvalue weighted by Gasteiger charge is 2.05. The minimum absolute atomic E-state index is 0.368. The van der Waals surface area contributed by atoms with Crippen molar-refractivity contribution in [3.8, 4) is 0 Å². The van der Waals surface area contributed by atoms with Gasteiger partial charge < -0.3 is 5.32 Å². The Morgan fingerprint density at radius 1 is 1.53 bits per heavy atom. The average Bonchev–Trinajstić information content (AvgIpc) is 2.60. The Labute approximate surface area is 91.4 Å². The SMILES string of the molecule is CC(C)=CCNCc1ncnn1C(C)C. The number of rotatable bonds is 5. The molecule has 0 spiro atoms. The standard InChI is InChI=1S/C11H20N4/c1-9(2)5-6-12-7-11-13-8-14-15(11)10(3)4/h5,8,10,12H,6-7H2,1-4H3. The largest absolute Gasteiger partial charge is 0.306 e. The van der Waals surface area contributed by atoms with Gasteiger partial charge in [-0.2, -0.15) is 5.10 Å². The lowest BCUT2D eigenvalue weighted by Gasteiger charge is -2.09. The zero-order valence-electron chi connectivity index (χ0n) is 9.99. The van der Waals surface area contributed by atoms with Crippen molar-refractivity contribution in [3.05, 3.63) is 23.8 Å². The maximum atomic E-state index is 4.22. The van der Waals surface area contributed by atoms with Gasteiger partial charge in [0, 0.05) is 12.6 Å². The predicted octanol–water partition coefficient (Wildman–Crippen LogP) is 1.91. The maximum Gasteiger partial charge on any atom is 0.141 e. The van der Waals surface area contributed by atoms with Gasteiger partial charge in [-0.05, 0) is 27.7 Å². The summed E-state index contributed by atoms with van der Waals surface area (Å²) in [6.07, 6.45) is 3.77. The Balaban J connectivity index is 2.44. The molecule has 0 bridgehead atoms. The van der Waals surface area contributed by atoms with Crippen LogP contribution in [0.4, 0.5) is 0 Å². The van der Waals surface area contributed by atoms with E-state index >= 15 is 0 Å². The third-order valence-electron chi connectivity index (χ3n) is 2.07. The van der Waals surface area contributed by atoms with Gasteiger partial charge in [-0.15, -0.1) is 0 Å². The Morgan fingerprint density at radius 2 is 2.27 bits per heavy atom. The zero-order chi connectivity index (χ0) is 11.3. The van der Waals surface area contributed by atoms with Crippen LogP contribution in [0.5, 0.6) is 0 Å². The van der Waals surface area contributed by atoms with Crippen molar-refractivity contribution in [2.45, 2.75) is 40.3 Å². The summed E-state index contributed by atoms with van der Waals surface area (Å²) >= 11 is 0. The van der Waals surface area contributed by atoms with Crippen LogP contribution in [0.15, 0.2) is 18.0 Å². The van der Waals surface area contributed by atoms with Crippen LogP contribution in [-0.4, -0.2) is 21.3 Å². The first-order valence-electron chi connectivity index (χ1n) is 5.33. The molecule has 1 rings (SSSR count). The maximum absolute atomic E-state index is 4.22. The third kappa shape index (κ3) is 3.83. The van der Waals surface area contributed by atoms with Crippen LogP contribution < -0.4 is 5.32 Å². The summed E-state index contributed by atoms with van der Waals surface area (Å²) in [6.45, 7) is 10.0. The smallest absolute Gasteiger partial charge is 0.141 e. The van der Waals surface area contributed by atoms with Crippen molar-refractivity contribution >= 4 is 0 Å². The van der Waals surface area contributed by atoms with Gasteiger partial charge in [-0.3, -0.25) is 0 Å². The molecule has 1 aromatic rings. The van der Waals surface area contributed by atoms with Gasteiger partial charge in [0.1, 0.15) is 12.2 Å². The highest BCUT2D eigenvalue weighted by atomic mass is 15.3. The van der Waals surface area contributed by atoms with Crippen molar-refractivity contribution < 1.29 is 0 Å². The van der Waals surface area contributed by atoms with E-state index in [1.54, 1.807) is 6.33 Å². The fourth-order valence-corrected chi connectivity index (χ4v) is 1.29. The summed E-state index contributed by atoms with van der Waals surface area (Å²) in [7, 11) is 0. The fraction of sp³-hybridized carbons (Fsp3) is 0.636. The molecule has 4 heteroatoms. The van der Waals surface area contributed by atoms with Gasteiger partial charge in [0.25, 0.3) is 0 Å². The van der Waals surface area contributed by atoms with E-state index in [-0.39, 0.29) is 0 Å². The lowest BCUT2D eigenvalue weighted by atomic mass is 10.3. The highest BCUT2D eigenvalue weighted by molar-refractivity contribution is 4.95. The molecule has 0 saturated carbocycles. The summed E-state index contributed by atoms with van der Waals surface area (Å²) in [4.78, 5) is 4.22. The number of nitrogens with one attached hydrogen (secondary N) is 1. The van der Waals surface area contributed by atoms with Crippen LogP contribution in [0.25, 0.3) is 0 Å². The third-order valence-corrected chi connectivity index (χ3v) is 2.07. The first kappa shape index (κ1) is 11.9. The second-order valence-electron chi connectivity index (χ2n) is 4.13. The van der Waals surface area contributed by atoms with Gasteiger partial charge in [0.2, 0.25) is 0 Å². The van der Waals surface area contributed by atoms with Gasteiger partial charge >= 0.3 is 0 Å². The van der Waals surface area contributed by atoms with Crippen LogP contribution in [0.2, 0.25) is 0 Å². The van der Waals surface area contributed by atoms with E-state index in [0.29, 0.717) is 6.04 Å². The number of allylic oxidation sites excluding steroid dienone is 1. The molecule has 0 fully saturated rings. The normalized spacial score (nSPS) is 10.7. The summed E-state index contributed by atoms with van der Waals surface area (Å²) < 4.78 is 1.94. The molecule has 0 radical (unpaired) electrons. The molecule has 1 heterocycles. The van der Waals surface area contributed by atoms with E-state index in [4.69, 9.17) is 0 Å². The summed E-state index contributed by atoms with van der Waals surface area (Å²) in [5.41, 5.74) is 1.33. The van der Waals surface area contributed by atoms with Crippen molar-refractivity contribution in [1.82, 2.24) is 20.1 Å². The summed E-state index contributed by atoms with van der Waals surface area (Å²) in [6, 6.07) is 0.368. The van der Waals surface area contributed by atoms with E-state index in [1.807, 2.05) is 4.68 Å². The van der Waals surface area contributed by atoms with Crippen molar-refractivity contribution in [3.63, 3.8) is 0 Å². The van der Waals surface area contributed by atoms with E-state index in [0.717, 1.165) is 18.9 Å². The first-order chi connectivity index (χ1) is 7.11. The van der Waals surface area contributed by atoms with Crippen molar-refractivity contribution in [2.75, 3.05) is 6.54 Å². The van der Waals surface area contributed by atoms with E-state index in [1.165, 1.54) is 5.57 Å². The molecular weight excluding hydrogens is 188 g/mol. The van der Waals surface area contributed by atoms with Crippen molar-refractivity contribution in [1.29, 1.82) is 0 Å². The quantitative estimate of drug-likeness (QED) is 0.594. The Morgan fingerprint density at radius 3 is 2.87 bits per heavy atom. The van der Waals surface area contributed by atoms with E-state index in [2.05, 4.69) is 49.2 Å². The minimum atomic E-state index is 0.368. The molecule has 1 N–H and O–H groups in total. The van der Waals surface area contributed by atoms with Crippen LogP contribution in [0.3, 0.4) is 0 Å². The van der Waals surface area contributed by atoms with E-state index < -0.39 is 0 Å². The lowest BCUT2D eigenvalue weighted by Crippen LogP contribution is -2.18. The molecule has 0 unspecified atom stereocenters. The molecule has 0 atom stereocenters. The molecule has 15 heavy (non-hydrogen) atoms. The van der Waals surface area contributed by atoms with Crippen LogP contribution in [0, 0.1) is 0 Å². The van der Waals surface area contributed by atoms with E-state index in [9.17, 15) is 0 Å². The molecule has 1 aromatic heterocycles. The monoisotopic (exact) mass is 208 g/mol. The molecule has 0 saturated heterocycles. The molecule has 0 aromatic carbocycles. The number of hydrogen-bond donors (Lipinski definition) is 1. The zero-order valence-corrected chi connectivity index (χ0v) is 9.99. The summed E-state index contributed by atoms with van der Waals surface area (Å²) in [5, 5.41) is 7.49.